The highest BCUT2D eigenvalue weighted by molar-refractivity contribution is 4.98. The van der Waals surface area contributed by atoms with E-state index in [4.69, 9.17) is 0 Å². The van der Waals surface area contributed by atoms with E-state index in [9.17, 15) is 5.11 Å². The van der Waals surface area contributed by atoms with Gasteiger partial charge >= 0.3 is 0 Å². The van der Waals surface area contributed by atoms with Crippen molar-refractivity contribution in [3.05, 3.63) is 18.2 Å². The number of hydrogen-bond acceptors (Lipinski definition) is 2. The largest absolute Gasteiger partial charge is 0.393 e. The van der Waals surface area contributed by atoms with Crippen LogP contribution in [0, 0.1) is 5.92 Å². The maximum absolute atomic E-state index is 9.89. The third kappa shape index (κ3) is 2.71. The maximum atomic E-state index is 9.89. The quantitative estimate of drug-likeness (QED) is 0.872. The number of imidazole rings is 1. The number of nitrogens with zero attached hydrogens (tertiary/aromatic N) is 2. The lowest BCUT2D eigenvalue weighted by Crippen LogP contribution is -2.30. The summed E-state index contributed by atoms with van der Waals surface area (Å²) >= 11 is 0. The van der Waals surface area contributed by atoms with Gasteiger partial charge in [-0.15, -0.1) is 0 Å². The van der Waals surface area contributed by atoms with Crippen LogP contribution in [0.4, 0.5) is 0 Å². The minimum Gasteiger partial charge on any atom is -0.393 e. The second-order valence-corrected chi connectivity index (χ2v) is 5.19. The van der Waals surface area contributed by atoms with Crippen LogP contribution < -0.4 is 0 Å². The van der Waals surface area contributed by atoms with E-state index in [1.807, 2.05) is 6.20 Å². The molecule has 17 heavy (non-hydrogen) atoms. The van der Waals surface area contributed by atoms with E-state index in [2.05, 4.69) is 29.6 Å². The minimum atomic E-state index is -0.125. The van der Waals surface area contributed by atoms with E-state index < -0.39 is 0 Å². The SMILES string of the molecule is CCCC1CCC(O)CC1n1ccnc1CC. The number of hydrogen-bond donors (Lipinski definition) is 1. The molecule has 1 aliphatic carbocycles. The topological polar surface area (TPSA) is 38.0 Å². The zero-order valence-corrected chi connectivity index (χ0v) is 11.0. The van der Waals surface area contributed by atoms with Gasteiger partial charge in [0.1, 0.15) is 5.82 Å². The van der Waals surface area contributed by atoms with Gasteiger partial charge in [0.2, 0.25) is 0 Å². The van der Waals surface area contributed by atoms with Crippen LogP contribution >= 0.6 is 0 Å². The fraction of sp³-hybridized carbons (Fsp3) is 0.786. The molecular weight excluding hydrogens is 212 g/mol. The monoisotopic (exact) mass is 236 g/mol. The zero-order chi connectivity index (χ0) is 12.3. The van der Waals surface area contributed by atoms with Crippen molar-refractivity contribution in [3.8, 4) is 0 Å². The van der Waals surface area contributed by atoms with Gasteiger partial charge in [-0.3, -0.25) is 0 Å². The van der Waals surface area contributed by atoms with Crippen LogP contribution in [-0.4, -0.2) is 20.8 Å². The fourth-order valence-corrected chi connectivity index (χ4v) is 3.16. The Morgan fingerprint density at radius 2 is 2.24 bits per heavy atom. The van der Waals surface area contributed by atoms with Gasteiger partial charge in [-0.25, -0.2) is 4.98 Å². The predicted molar refractivity (Wildman–Crippen MR) is 68.9 cm³/mol. The normalized spacial score (nSPS) is 29.5. The first-order valence-corrected chi connectivity index (χ1v) is 6.96. The highest BCUT2D eigenvalue weighted by Crippen LogP contribution is 2.37. The molecule has 0 aliphatic heterocycles. The molecule has 96 valence electrons. The van der Waals surface area contributed by atoms with Crippen LogP contribution in [0.2, 0.25) is 0 Å². The van der Waals surface area contributed by atoms with Crippen molar-refractivity contribution in [2.45, 2.75) is 64.5 Å². The number of aliphatic hydroxyl groups is 1. The molecule has 1 saturated carbocycles. The summed E-state index contributed by atoms with van der Waals surface area (Å²) in [5.74, 6) is 1.87. The molecule has 0 saturated heterocycles. The molecule has 3 unspecified atom stereocenters. The summed E-state index contributed by atoms with van der Waals surface area (Å²) in [5.41, 5.74) is 0. The molecule has 0 bridgehead atoms. The van der Waals surface area contributed by atoms with Crippen molar-refractivity contribution in [2.75, 3.05) is 0 Å². The molecule has 1 aromatic heterocycles. The van der Waals surface area contributed by atoms with Gasteiger partial charge in [0.25, 0.3) is 0 Å². The average molecular weight is 236 g/mol. The van der Waals surface area contributed by atoms with E-state index in [1.165, 1.54) is 12.8 Å². The van der Waals surface area contributed by atoms with Crippen LogP contribution in [0.3, 0.4) is 0 Å². The Kier molecular flexibility index (Phi) is 4.21. The first-order chi connectivity index (χ1) is 8.26. The van der Waals surface area contributed by atoms with Crippen LogP contribution in [-0.2, 0) is 6.42 Å². The summed E-state index contributed by atoms with van der Waals surface area (Å²) in [6, 6.07) is 0.455. The molecule has 1 aliphatic rings. The molecular formula is C14H24N2O. The number of rotatable bonds is 4. The van der Waals surface area contributed by atoms with Gasteiger partial charge in [-0.05, 0) is 31.6 Å². The summed E-state index contributed by atoms with van der Waals surface area (Å²) in [6.07, 6.45) is 10.3. The van der Waals surface area contributed by atoms with Gasteiger partial charge in [-0.2, -0.15) is 0 Å². The molecule has 3 nitrogen and oxygen atoms in total. The molecule has 0 aromatic carbocycles. The highest BCUT2D eigenvalue weighted by Gasteiger charge is 2.30. The molecule has 0 radical (unpaired) electrons. The standard InChI is InChI=1S/C14H24N2O/c1-3-5-11-6-7-12(17)10-13(11)16-9-8-15-14(16)4-2/h8-9,11-13,17H,3-7,10H2,1-2H3. The molecule has 0 spiro atoms. The summed E-state index contributed by atoms with van der Waals surface area (Å²) in [4.78, 5) is 4.41. The van der Waals surface area contributed by atoms with E-state index >= 15 is 0 Å². The Balaban J connectivity index is 2.19. The van der Waals surface area contributed by atoms with Gasteiger partial charge in [0, 0.05) is 24.9 Å². The van der Waals surface area contributed by atoms with Crippen molar-refractivity contribution >= 4 is 0 Å². The summed E-state index contributed by atoms with van der Waals surface area (Å²) < 4.78 is 2.31. The van der Waals surface area contributed by atoms with E-state index in [0.717, 1.165) is 31.5 Å². The Hall–Kier alpha value is -0.830. The highest BCUT2D eigenvalue weighted by atomic mass is 16.3. The molecule has 3 heteroatoms. The van der Waals surface area contributed by atoms with Crippen molar-refractivity contribution in [2.24, 2.45) is 5.92 Å². The maximum Gasteiger partial charge on any atom is 0.108 e. The second kappa shape index (κ2) is 5.67. The van der Waals surface area contributed by atoms with Crippen LogP contribution in [0.1, 0.15) is 57.8 Å². The summed E-state index contributed by atoms with van der Waals surface area (Å²) in [6.45, 7) is 4.39. The van der Waals surface area contributed by atoms with Gasteiger partial charge < -0.3 is 9.67 Å². The predicted octanol–water partition coefficient (Wildman–Crippen LogP) is 2.95. The van der Waals surface area contributed by atoms with Crippen LogP contribution in [0.5, 0.6) is 0 Å². The second-order valence-electron chi connectivity index (χ2n) is 5.19. The molecule has 1 fully saturated rings. The van der Waals surface area contributed by atoms with E-state index in [-0.39, 0.29) is 6.10 Å². The third-order valence-corrected chi connectivity index (χ3v) is 4.01. The van der Waals surface area contributed by atoms with Crippen molar-refractivity contribution in [3.63, 3.8) is 0 Å². The van der Waals surface area contributed by atoms with Crippen molar-refractivity contribution in [1.29, 1.82) is 0 Å². The summed E-state index contributed by atoms with van der Waals surface area (Å²) in [7, 11) is 0. The Morgan fingerprint density at radius 1 is 1.41 bits per heavy atom. The number of aliphatic hydroxyl groups excluding tert-OH is 1. The van der Waals surface area contributed by atoms with Gasteiger partial charge in [0.05, 0.1) is 6.10 Å². The fourth-order valence-electron chi connectivity index (χ4n) is 3.16. The van der Waals surface area contributed by atoms with Crippen LogP contribution in [0.25, 0.3) is 0 Å². The third-order valence-electron chi connectivity index (χ3n) is 4.01. The molecule has 2 rings (SSSR count). The summed E-state index contributed by atoms with van der Waals surface area (Å²) in [5, 5.41) is 9.89. The van der Waals surface area contributed by atoms with Crippen LogP contribution in [0.15, 0.2) is 12.4 Å². The number of aromatic nitrogens is 2. The van der Waals surface area contributed by atoms with Gasteiger partial charge in [-0.1, -0.05) is 20.3 Å². The molecule has 1 aromatic rings. The van der Waals surface area contributed by atoms with E-state index in [1.54, 1.807) is 0 Å². The molecule has 0 amide bonds. The minimum absolute atomic E-state index is 0.125. The Labute approximate surface area is 104 Å². The first-order valence-electron chi connectivity index (χ1n) is 6.96. The van der Waals surface area contributed by atoms with Gasteiger partial charge in [0.15, 0.2) is 0 Å². The molecule has 3 atom stereocenters. The van der Waals surface area contributed by atoms with Crippen molar-refractivity contribution in [1.82, 2.24) is 9.55 Å². The van der Waals surface area contributed by atoms with Crippen molar-refractivity contribution < 1.29 is 5.11 Å². The lowest BCUT2D eigenvalue weighted by Gasteiger charge is -2.35. The zero-order valence-electron chi connectivity index (χ0n) is 11.0. The Morgan fingerprint density at radius 3 is 2.94 bits per heavy atom. The first kappa shape index (κ1) is 12.6. The van der Waals surface area contributed by atoms with E-state index in [0.29, 0.717) is 12.0 Å². The molecule has 1 N–H and O–H groups in total. The Bertz CT molecular complexity index is 348. The average Bonchev–Trinajstić information content (AvgIpc) is 2.79. The smallest absolute Gasteiger partial charge is 0.108 e. The lowest BCUT2D eigenvalue weighted by atomic mass is 9.80. The molecule has 1 heterocycles. The lowest BCUT2D eigenvalue weighted by molar-refractivity contribution is 0.0684. The number of aryl methyl sites for hydroxylation is 1.